The van der Waals surface area contributed by atoms with Crippen molar-refractivity contribution in [2.24, 2.45) is 17.6 Å². The first-order valence-corrected chi connectivity index (χ1v) is 6.61. The molecule has 2 rings (SSSR count). The Bertz CT molecular complexity index is 306. The maximum absolute atomic E-state index is 6.39. The Morgan fingerprint density at radius 1 is 1.25 bits per heavy atom. The Morgan fingerprint density at radius 2 is 2.00 bits per heavy atom. The van der Waals surface area contributed by atoms with Crippen molar-refractivity contribution in [3.63, 3.8) is 0 Å². The van der Waals surface area contributed by atoms with Crippen molar-refractivity contribution >= 4 is 0 Å². The molecule has 88 valence electrons. The smallest absolute Gasteiger partial charge is 0.0323 e. The molecule has 1 heteroatoms. The normalized spacial score (nSPS) is 27.6. The van der Waals surface area contributed by atoms with Crippen LogP contribution in [0.5, 0.6) is 0 Å². The van der Waals surface area contributed by atoms with Gasteiger partial charge in [-0.05, 0) is 30.2 Å². The number of rotatable bonds is 3. The highest BCUT2D eigenvalue weighted by Crippen LogP contribution is 2.37. The van der Waals surface area contributed by atoms with Gasteiger partial charge in [0, 0.05) is 6.04 Å². The topological polar surface area (TPSA) is 26.0 Å². The molecule has 0 amide bonds. The molecule has 3 atom stereocenters. The molecule has 16 heavy (non-hydrogen) atoms. The summed E-state index contributed by atoms with van der Waals surface area (Å²) in [7, 11) is 0. The SMILES string of the molecule is CCC1CCCC(C(N)c2ccccc2)C1. The zero-order valence-corrected chi connectivity index (χ0v) is 10.2. The van der Waals surface area contributed by atoms with E-state index >= 15 is 0 Å². The fourth-order valence-corrected chi connectivity index (χ4v) is 2.98. The fourth-order valence-electron chi connectivity index (χ4n) is 2.98. The summed E-state index contributed by atoms with van der Waals surface area (Å²) in [6, 6.07) is 10.8. The Morgan fingerprint density at radius 3 is 2.69 bits per heavy atom. The lowest BCUT2D eigenvalue weighted by atomic mass is 9.75. The molecule has 0 aliphatic heterocycles. The lowest BCUT2D eigenvalue weighted by Gasteiger charge is -2.32. The van der Waals surface area contributed by atoms with Gasteiger partial charge < -0.3 is 5.73 Å². The van der Waals surface area contributed by atoms with Crippen molar-refractivity contribution in [2.75, 3.05) is 0 Å². The van der Waals surface area contributed by atoms with E-state index in [1.807, 2.05) is 0 Å². The van der Waals surface area contributed by atoms with Crippen molar-refractivity contribution in [3.05, 3.63) is 35.9 Å². The molecule has 2 N–H and O–H groups in total. The molecule has 1 aromatic rings. The first kappa shape index (κ1) is 11.7. The van der Waals surface area contributed by atoms with Crippen LogP contribution in [0.3, 0.4) is 0 Å². The van der Waals surface area contributed by atoms with Crippen LogP contribution in [0.1, 0.15) is 50.6 Å². The average molecular weight is 217 g/mol. The van der Waals surface area contributed by atoms with Gasteiger partial charge in [-0.2, -0.15) is 0 Å². The van der Waals surface area contributed by atoms with Crippen LogP contribution in [0.15, 0.2) is 30.3 Å². The summed E-state index contributed by atoms with van der Waals surface area (Å²) in [6.45, 7) is 2.31. The summed E-state index contributed by atoms with van der Waals surface area (Å²) in [6.07, 6.45) is 6.73. The third kappa shape index (κ3) is 2.65. The van der Waals surface area contributed by atoms with E-state index in [1.54, 1.807) is 0 Å². The van der Waals surface area contributed by atoms with Crippen LogP contribution in [0, 0.1) is 11.8 Å². The fraction of sp³-hybridized carbons (Fsp3) is 0.600. The van der Waals surface area contributed by atoms with Gasteiger partial charge in [0.05, 0.1) is 0 Å². The summed E-state index contributed by atoms with van der Waals surface area (Å²) in [5, 5.41) is 0. The molecular weight excluding hydrogens is 194 g/mol. The summed E-state index contributed by atoms with van der Waals surface area (Å²) in [5.41, 5.74) is 7.70. The van der Waals surface area contributed by atoms with E-state index in [9.17, 15) is 0 Å². The minimum Gasteiger partial charge on any atom is -0.324 e. The number of benzene rings is 1. The summed E-state index contributed by atoms with van der Waals surface area (Å²) in [5.74, 6) is 1.61. The van der Waals surface area contributed by atoms with E-state index in [1.165, 1.54) is 37.7 Å². The molecule has 0 saturated heterocycles. The first-order chi connectivity index (χ1) is 7.81. The lowest BCUT2D eigenvalue weighted by molar-refractivity contribution is 0.230. The largest absolute Gasteiger partial charge is 0.324 e. The molecule has 1 fully saturated rings. The van der Waals surface area contributed by atoms with Gasteiger partial charge in [-0.1, -0.05) is 56.5 Å². The molecule has 0 aromatic heterocycles. The zero-order chi connectivity index (χ0) is 11.4. The highest BCUT2D eigenvalue weighted by molar-refractivity contribution is 5.19. The van der Waals surface area contributed by atoms with Gasteiger partial charge in [-0.25, -0.2) is 0 Å². The predicted molar refractivity (Wildman–Crippen MR) is 69.1 cm³/mol. The number of hydrogen-bond acceptors (Lipinski definition) is 1. The van der Waals surface area contributed by atoms with Crippen molar-refractivity contribution in [2.45, 2.75) is 45.1 Å². The van der Waals surface area contributed by atoms with Crippen LogP contribution >= 0.6 is 0 Å². The first-order valence-electron chi connectivity index (χ1n) is 6.61. The second-order valence-corrected chi connectivity index (χ2v) is 5.14. The molecule has 0 heterocycles. The monoisotopic (exact) mass is 217 g/mol. The standard InChI is InChI=1S/C15H23N/c1-2-12-7-6-10-14(11-12)15(16)13-8-4-3-5-9-13/h3-5,8-9,12,14-15H,2,6-7,10-11,16H2,1H3. The van der Waals surface area contributed by atoms with Crippen LogP contribution in [0.2, 0.25) is 0 Å². The van der Waals surface area contributed by atoms with E-state index in [2.05, 4.69) is 37.3 Å². The molecule has 0 spiro atoms. The van der Waals surface area contributed by atoms with E-state index in [0.717, 1.165) is 5.92 Å². The van der Waals surface area contributed by atoms with E-state index in [4.69, 9.17) is 5.73 Å². The second kappa shape index (κ2) is 5.49. The molecule has 1 aromatic carbocycles. The maximum atomic E-state index is 6.39. The Labute approximate surface area is 99.0 Å². The molecule has 1 aliphatic carbocycles. The summed E-state index contributed by atoms with van der Waals surface area (Å²) >= 11 is 0. The van der Waals surface area contributed by atoms with Gasteiger partial charge in [0.25, 0.3) is 0 Å². The number of hydrogen-bond donors (Lipinski definition) is 1. The third-order valence-electron chi connectivity index (χ3n) is 4.09. The molecule has 1 aliphatic rings. The predicted octanol–water partition coefficient (Wildman–Crippen LogP) is 3.90. The molecule has 0 bridgehead atoms. The minimum atomic E-state index is 0.246. The Balaban J connectivity index is 2.01. The minimum absolute atomic E-state index is 0.246. The van der Waals surface area contributed by atoms with E-state index in [-0.39, 0.29) is 6.04 Å². The second-order valence-electron chi connectivity index (χ2n) is 5.14. The average Bonchev–Trinajstić information content (AvgIpc) is 2.39. The summed E-state index contributed by atoms with van der Waals surface area (Å²) < 4.78 is 0. The lowest BCUT2D eigenvalue weighted by Crippen LogP contribution is -2.26. The van der Waals surface area contributed by atoms with Crippen LogP contribution < -0.4 is 5.73 Å². The summed E-state index contributed by atoms with van der Waals surface area (Å²) in [4.78, 5) is 0. The van der Waals surface area contributed by atoms with Crippen molar-refractivity contribution in [3.8, 4) is 0 Å². The van der Waals surface area contributed by atoms with Gasteiger partial charge in [0.15, 0.2) is 0 Å². The quantitative estimate of drug-likeness (QED) is 0.816. The van der Waals surface area contributed by atoms with Crippen molar-refractivity contribution in [1.82, 2.24) is 0 Å². The van der Waals surface area contributed by atoms with Crippen LogP contribution in [0.25, 0.3) is 0 Å². The number of nitrogens with two attached hydrogens (primary N) is 1. The van der Waals surface area contributed by atoms with E-state index < -0.39 is 0 Å². The highest BCUT2D eigenvalue weighted by atomic mass is 14.7. The van der Waals surface area contributed by atoms with Gasteiger partial charge in [-0.15, -0.1) is 0 Å². The molecule has 3 unspecified atom stereocenters. The van der Waals surface area contributed by atoms with Crippen LogP contribution in [-0.4, -0.2) is 0 Å². The van der Waals surface area contributed by atoms with Crippen LogP contribution in [-0.2, 0) is 0 Å². The van der Waals surface area contributed by atoms with Gasteiger partial charge in [0.2, 0.25) is 0 Å². The highest BCUT2D eigenvalue weighted by Gasteiger charge is 2.26. The Hall–Kier alpha value is -0.820. The van der Waals surface area contributed by atoms with Crippen LogP contribution in [0.4, 0.5) is 0 Å². The van der Waals surface area contributed by atoms with Crippen molar-refractivity contribution in [1.29, 1.82) is 0 Å². The van der Waals surface area contributed by atoms with Gasteiger partial charge >= 0.3 is 0 Å². The third-order valence-corrected chi connectivity index (χ3v) is 4.09. The zero-order valence-electron chi connectivity index (χ0n) is 10.2. The molecule has 1 saturated carbocycles. The molecule has 0 radical (unpaired) electrons. The van der Waals surface area contributed by atoms with Crippen molar-refractivity contribution < 1.29 is 0 Å². The molecule has 1 nitrogen and oxygen atoms in total. The molecular formula is C15H23N. The Kier molecular flexibility index (Phi) is 4.00. The van der Waals surface area contributed by atoms with Gasteiger partial charge in [0.1, 0.15) is 0 Å². The van der Waals surface area contributed by atoms with E-state index in [0.29, 0.717) is 5.92 Å². The van der Waals surface area contributed by atoms with Gasteiger partial charge in [-0.3, -0.25) is 0 Å². The maximum Gasteiger partial charge on any atom is 0.0323 e.